The Morgan fingerprint density at radius 3 is 2.71 bits per heavy atom. The maximum Gasteiger partial charge on any atom is 0.272 e. The van der Waals surface area contributed by atoms with E-state index in [1.165, 1.54) is 0 Å². The van der Waals surface area contributed by atoms with E-state index in [2.05, 4.69) is 23.8 Å². The maximum atomic E-state index is 12.6. The van der Waals surface area contributed by atoms with Gasteiger partial charge in [-0.05, 0) is 30.7 Å². The number of carbonyl (C=O) groups is 1. The Morgan fingerprint density at radius 1 is 1.38 bits per heavy atom. The number of rotatable bonds is 2. The molecule has 1 saturated heterocycles. The summed E-state index contributed by atoms with van der Waals surface area (Å²) in [6.07, 6.45) is 4.83. The summed E-state index contributed by atoms with van der Waals surface area (Å²) in [6, 6.07) is 1.87. The highest BCUT2D eigenvalue weighted by atomic mass is 35.5. The predicted octanol–water partition coefficient (Wildman–Crippen LogP) is 1.98. The first-order valence-corrected chi connectivity index (χ1v) is 7.35. The molecule has 0 spiro atoms. The molecule has 1 aliphatic carbocycles. The number of hydrogen-bond acceptors (Lipinski definition) is 4. The van der Waals surface area contributed by atoms with Gasteiger partial charge in [0.05, 0.1) is 0 Å². The van der Waals surface area contributed by atoms with Gasteiger partial charge < -0.3 is 10.6 Å². The van der Waals surface area contributed by atoms with Crippen molar-refractivity contribution in [3.05, 3.63) is 23.8 Å². The fourth-order valence-corrected chi connectivity index (χ4v) is 2.74. The van der Waals surface area contributed by atoms with Crippen molar-refractivity contribution >= 4 is 18.3 Å². The molecule has 2 N–H and O–H groups in total. The molecule has 2 aliphatic rings. The summed E-state index contributed by atoms with van der Waals surface area (Å²) >= 11 is 0. The fourth-order valence-electron chi connectivity index (χ4n) is 2.74. The lowest BCUT2D eigenvalue weighted by Crippen LogP contribution is -2.54. The molecule has 1 unspecified atom stereocenters. The first-order valence-electron chi connectivity index (χ1n) is 7.35. The first kappa shape index (κ1) is 16.2. The normalized spacial score (nSPS) is 24.3. The third kappa shape index (κ3) is 3.35. The Morgan fingerprint density at radius 2 is 2.10 bits per heavy atom. The second-order valence-electron chi connectivity index (χ2n) is 6.68. The van der Waals surface area contributed by atoms with Crippen molar-refractivity contribution in [1.82, 2.24) is 14.9 Å². The summed E-state index contributed by atoms with van der Waals surface area (Å²) in [6.45, 7) is 5.64. The van der Waals surface area contributed by atoms with Gasteiger partial charge in [0.15, 0.2) is 0 Å². The van der Waals surface area contributed by atoms with Crippen molar-refractivity contribution in [2.24, 2.45) is 11.1 Å². The summed E-state index contributed by atoms with van der Waals surface area (Å²) in [5.41, 5.74) is 6.60. The highest BCUT2D eigenvalue weighted by Gasteiger charge is 2.36. The average molecular weight is 311 g/mol. The Kier molecular flexibility index (Phi) is 4.54. The molecule has 0 aromatic carbocycles. The molecule has 2 fully saturated rings. The number of likely N-dealkylation sites (tertiary alicyclic amines) is 1. The van der Waals surface area contributed by atoms with Gasteiger partial charge in [-0.2, -0.15) is 0 Å². The molecule has 1 aliphatic heterocycles. The van der Waals surface area contributed by atoms with Gasteiger partial charge in [0, 0.05) is 31.2 Å². The van der Waals surface area contributed by atoms with Crippen LogP contribution in [0.15, 0.2) is 12.3 Å². The minimum Gasteiger partial charge on any atom is -0.337 e. The van der Waals surface area contributed by atoms with Crippen molar-refractivity contribution in [3.8, 4) is 0 Å². The highest BCUT2D eigenvalue weighted by molar-refractivity contribution is 5.92. The average Bonchev–Trinajstić information content (AvgIpc) is 3.25. The third-order valence-corrected chi connectivity index (χ3v) is 4.44. The number of nitrogens with two attached hydrogens (primary N) is 1. The smallest absolute Gasteiger partial charge is 0.272 e. The molecule has 3 rings (SSSR count). The number of halogens is 1. The summed E-state index contributed by atoms with van der Waals surface area (Å²) in [5, 5.41) is 0. The maximum absolute atomic E-state index is 12.6. The van der Waals surface area contributed by atoms with Crippen LogP contribution in [0, 0.1) is 5.41 Å². The molecule has 21 heavy (non-hydrogen) atoms. The minimum atomic E-state index is -0.0414. The second kappa shape index (κ2) is 5.89. The van der Waals surface area contributed by atoms with E-state index >= 15 is 0 Å². The van der Waals surface area contributed by atoms with E-state index in [-0.39, 0.29) is 29.8 Å². The van der Waals surface area contributed by atoms with Gasteiger partial charge in [-0.15, -0.1) is 12.4 Å². The largest absolute Gasteiger partial charge is 0.337 e. The van der Waals surface area contributed by atoms with Crippen molar-refractivity contribution in [2.75, 3.05) is 13.1 Å². The molecular weight excluding hydrogens is 288 g/mol. The molecule has 1 aromatic heterocycles. The summed E-state index contributed by atoms with van der Waals surface area (Å²) in [7, 11) is 0. The topological polar surface area (TPSA) is 72.1 Å². The lowest BCUT2D eigenvalue weighted by atomic mass is 9.79. The zero-order valence-electron chi connectivity index (χ0n) is 12.6. The predicted molar refractivity (Wildman–Crippen MR) is 83.5 cm³/mol. The standard InChI is InChI=1S/C15H22N4O.ClH/c1-15(2)9-19(8-6-12(15)16)14(20)11-5-7-17-13(18-11)10-3-4-10;/h5,7,10,12H,3-4,6,8-9,16H2,1-2H3;1H. The Hall–Kier alpha value is -1.20. The molecular formula is C15H23ClN4O. The van der Waals surface area contributed by atoms with E-state index in [1.54, 1.807) is 12.3 Å². The van der Waals surface area contributed by atoms with Crippen LogP contribution in [0.4, 0.5) is 0 Å². The van der Waals surface area contributed by atoms with Crippen LogP contribution in [0.1, 0.15) is 55.3 Å². The Bertz CT molecular complexity index is 530. The molecule has 1 amide bonds. The van der Waals surface area contributed by atoms with Gasteiger partial charge >= 0.3 is 0 Å². The van der Waals surface area contributed by atoms with E-state index in [0.29, 0.717) is 24.7 Å². The number of hydrogen-bond donors (Lipinski definition) is 1. The summed E-state index contributed by atoms with van der Waals surface area (Å²) < 4.78 is 0. The molecule has 0 bridgehead atoms. The van der Waals surface area contributed by atoms with Crippen molar-refractivity contribution < 1.29 is 4.79 Å². The number of nitrogens with zero attached hydrogens (tertiary/aromatic N) is 3. The number of aromatic nitrogens is 2. The SMILES string of the molecule is CC1(C)CN(C(=O)c2ccnc(C3CC3)n2)CCC1N.Cl. The molecule has 0 radical (unpaired) electrons. The van der Waals surface area contributed by atoms with E-state index in [1.807, 2.05) is 4.90 Å². The number of amides is 1. The molecule has 1 aromatic rings. The van der Waals surface area contributed by atoms with Gasteiger partial charge in [-0.3, -0.25) is 4.79 Å². The molecule has 5 nitrogen and oxygen atoms in total. The summed E-state index contributed by atoms with van der Waals surface area (Å²) in [5.74, 6) is 1.30. The minimum absolute atomic E-state index is 0. The van der Waals surface area contributed by atoms with Gasteiger partial charge in [-0.25, -0.2) is 9.97 Å². The van der Waals surface area contributed by atoms with Crippen molar-refractivity contribution in [1.29, 1.82) is 0 Å². The van der Waals surface area contributed by atoms with E-state index in [4.69, 9.17) is 5.73 Å². The monoisotopic (exact) mass is 310 g/mol. The quantitative estimate of drug-likeness (QED) is 0.906. The van der Waals surface area contributed by atoms with Gasteiger partial charge in [0.1, 0.15) is 11.5 Å². The van der Waals surface area contributed by atoms with Crippen LogP contribution < -0.4 is 5.73 Å². The van der Waals surface area contributed by atoms with Crippen LogP contribution in [0.25, 0.3) is 0 Å². The lowest BCUT2D eigenvalue weighted by Gasteiger charge is -2.42. The van der Waals surface area contributed by atoms with Crippen LogP contribution in [-0.4, -0.2) is 39.9 Å². The molecule has 116 valence electrons. The van der Waals surface area contributed by atoms with E-state index in [9.17, 15) is 4.79 Å². The molecule has 6 heteroatoms. The zero-order chi connectivity index (χ0) is 14.3. The number of piperidine rings is 1. The lowest BCUT2D eigenvalue weighted by molar-refractivity contribution is 0.0527. The highest BCUT2D eigenvalue weighted by Crippen LogP contribution is 2.37. The fraction of sp³-hybridized carbons (Fsp3) is 0.667. The Balaban J connectivity index is 0.00000161. The second-order valence-corrected chi connectivity index (χ2v) is 6.68. The van der Waals surface area contributed by atoms with Crippen LogP contribution in [0.3, 0.4) is 0 Å². The van der Waals surface area contributed by atoms with Crippen molar-refractivity contribution in [3.63, 3.8) is 0 Å². The Labute approximate surface area is 131 Å². The third-order valence-electron chi connectivity index (χ3n) is 4.44. The molecule has 1 atom stereocenters. The van der Waals surface area contributed by atoms with Gasteiger partial charge in [0.25, 0.3) is 5.91 Å². The molecule has 2 heterocycles. The molecule has 1 saturated carbocycles. The van der Waals surface area contributed by atoms with Crippen molar-refractivity contribution in [2.45, 2.75) is 45.1 Å². The first-order chi connectivity index (χ1) is 9.47. The zero-order valence-corrected chi connectivity index (χ0v) is 13.4. The van der Waals surface area contributed by atoms with Gasteiger partial charge in [0.2, 0.25) is 0 Å². The van der Waals surface area contributed by atoms with Crippen LogP contribution in [-0.2, 0) is 0 Å². The summed E-state index contributed by atoms with van der Waals surface area (Å²) in [4.78, 5) is 23.2. The van der Waals surface area contributed by atoms with Crippen LogP contribution in [0.5, 0.6) is 0 Å². The van der Waals surface area contributed by atoms with Crippen LogP contribution >= 0.6 is 12.4 Å². The van der Waals surface area contributed by atoms with E-state index < -0.39 is 0 Å². The van der Waals surface area contributed by atoms with Gasteiger partial charge in [-0.1, -0.05) is 13.8 Å². The van der Waals surface area contributed by atoms with E-state index in [0.717, 1.165) is 25.1 Å². The van der Waals surface area contributed by atoms with Crippen LogP contribution in [0.2, 0.25) is 0 Å². The number of carbonyl (C=O) groups excluding carboxylic acids is 1.